The van der Waals surface area contributed by atoms with E-state index in [1.54, 1.807) is 18.2 Å². The number of hydrogen-bond acceptors (Lipinski definition) is 3. The number of nitrogens with one attached hydrogen (secondary N) is 2. The van der Waals surface area contributed by atoms with Crippen LogP contribution in [0, 0.1) is 18.3 Å². The number of nitriles is 1. The number of amides is 1. The molecule has 2 N–H and O–H groups in total. The van der Waals surface area contributed by atoms with Crippen LogP contribution in [0.2, 0.25) is 0 Å². The van der Waals surface area contributed by atoms with Crippen LogP contribution < -0.4 is 5.32 Å². The average molecular weight is 307 g/mol. The van der Waals surface area contributed by atoms with Gasteiger partial charge in [0.05, 0.1) is 11.6 Å². The summed E-state index contributed by atoms with van der Waals surface area (Å²) in [6.07, 6.45) is 2.18. The number of Topliss-reactive ketones (excluding diaryl/α,β-unsaturated/α-hetero) is 1. The Balaban J connectivity index is 1.76. The zero-order valence-corrected chi connectivity index (χ0v) is 12.9. The number of hydrogen-bond donors (Lipinski definition) is 2. The van der Waals surface area contributed by atoms with Gasteiger partial charge in [-0.25, -0.2) is 0 Å². The van der Waals surface area contributed by atoms with Crippen molar-refractivity contribution in [1.29, 1.82) is 5.26 Å². The van der Waals surface area contributed by atoms with Crippen molar-refractivity contribution in [3.05, 3.63) is 57.9 Å². The van der Waals surface area contributed by atoms with E-state index in [1.807, 2.05) is 13.0 Å². The predicted octanol–water partition coefficient (Wildman–Crippen LogP) is 2.64. The van der Waals surface area contributed by atoms with E-state index in [-0.39, 0.29) is 11.7 Å². The van der Waals surface area contributed by atoms with Crippen LogP contribution in [0.1, 0.15) is 56.1 Å². The van der Waals surface area contributed by atoms with Crippen molar-refractivity contribution in [2.24, 2.45) is 0 Å². The minimum Gasteiger partial charge on any atom is -0.354 e. The van der Waals surface area contributed by atoms with Crippen molar-refractivity contribution in [2.75, 3.05) is 0 Å². The number of carbonyl (C=O) groups is 2. The van der Waals surface area contributed by atoms with Gasteiger partial charge in [-0.15, -0.1) is 0 Å². The van der Waals surface area contributed by atoms with Gasteiger partial charge in [-0.05, 0) is 43.0 Å². The lowest BCUT2D eigenvalue weighted by Crippen LogP contribution is -2.24. The monoisotopic (exact) mass is 307 g/mol. The number of rotatable bonds is 3. The summed E-state index contributed by atoms with van der Waals surface area (Å²) in [5.74, 6) is -0.118. The van der Waals surface area contributed by atoms with Crippen LogP contribution in [0.3, 0.4) is 0 Å². The van der Waals surface area contributed by atoms with E-state index >= 15 is 0 Å². The van der Waals surface area contributed by atoms with E-state index < -0.39 is 0 Å². The van der Waals surface area contributed by atoms with Crippen LogP contribution in [0.15, 0.2) is 24.3 Å². The Morgan fingerprint density at radius 2 is 2.22 bits per heavy atom. The highest BCUT2D eigenvalue weighted by Gasteiger charge is 2.26. The highest BCUT2D eigenvalue weighted by molar-refractivity contribution is 6.04. The Morgan fingerprint density at radius 1 is 1.39 bits per heavy atom. The summed E-state index contributed by atoms with van der Waals surface area (Å²) in [5.41, 5.74) is 4.18. The molecule has 0 spiro atoms. The number of aryl methyl sites for hydroxylation is 1. The third-order valence-corrected chi connectivity index (χ3v) is 4.17. The number of ketones is 1. The third kappa shape index (κ3) is 2.88. The standard InChI is InChI=1S/C18H17N3O2/c1-11-16-14(6-3-7-15(16)22)21-17(11)18(23)20-10-13-5-2-4-12(8-13)9-19/h2,4-5,8,21H,3,6-7,10H2,1H3,(H,20,23). The molecule has 0 saturated heterocycles. The summed E-state index contributed by atoms with van der Waals surface area (Å²) in [5, 5.41) is 11.7. The van der Waals surface area contributed by atoms with Gasteiger partial charge >= 0.3 is 0 Å². The summed E-state index contributed by atoms with van der Waals surface area (Å²) in [4.78, 5) is 27.5. The van der Waals surface area contributed by atoms with Crippen LogP contribution >= 0.6 is 0 Å². The van der Waals surface area contributed by atoms with Crippen molar-refractivity contribution in [3.8, 4) is 6.07 Å². The predicted molar refractivity (Wildman–Crippen MR) is 85.1 cm³/mol. The van der Waals surface area contributed by atoms with E-state index in [4.69, 9.17) is 5.26 Å². The molecule has 0 atom stereocenters. The third-order valence-electron chi connectivity index (χ3n) is 4.17. The molecular formula is C18H17N3O2. The van der Waals surface area contributed by atoms with E-state index in [0.29, 0.717) is 29.8 Å². The Labute approximate surface area is 134 Å². The van der Waals surface area contributed by atoms with Crippen molar-refractivity contribution >= 4 is 11.7 Å². The topological polar surface area (TPSA) is 85.8 Å². The summed E-state index contributed by atoms with van der Waals surface area (Å²) >= 11 is 0. The van der Waals surface area contributed by atoms with Gasteiger partial charge in [0.1, 0.15) is 5.69 Å². The van der Waals surface area contributed by atoms with Gasteiger partial charge in [-0.2, -0.15) is 5.26 Å². The Bertz CT molecular complexity index is 827. The second-order valence-electron chi connectivity index (χ2n) is 5.75. The molecule has 5 heteroatoms. The van der Waals surface area contributed by atoms with Crippen LogP contribution in [-0.2, 0) is 13.0 Å². The fourth-order valence-corrected chi connectivity index (χ4v) is 3.02. The van der Waals surface area contributed by atoms with Gasteiger partial charge in [0, 0.05) is 24.2 Å². The molecule has 1 amide bonds. The Hall–Kier alpha value is -2.87. The molecule has 2 aromatic rings. The van der Waals surface area contributed by atoms with Crippen LogP contribution in [0.5, 0.6) is 0 Å². The summed E-state index contributed by atoms with van der Waals surface area (Å²) in [6.45, 7) is 2.15. The number of benzene rings is 1. The van der Waals surface area contributed by atoms with E-state index in [1.165, 1.54) is 0 Å². The SMILES string of the molecule is Cc1c(C(=O)NCc2cccc(C#N)c2)[nH]c2c1C(=O)CCC2. The molecule has 3 rings (SSSR count). The number of aromatic nitrogens is 1. The quantitative estimate of drug-likeness (QED) is 0.914. The van der Waals surface area contributed by atoms with Gasteiger partial charge in [0.15, 0.2) is 5.78 Å². The van der Waals surface area contributed by atoms with E-state index in [2.05, 4.69) is 16.4 Å². The molecule has 1 aromatic heterocycles. The fourth-order valence-electron chi connectivity index (χ4n) is 3.02. The number of fused-ring (bicyclic) bond motifs is 1. The van der Waals surface area contributed by atoms with Crippen LogP contribution in [-0.4, -0.2) is 16.7 Å². The molecule has 5 nitrogen and oxygen atoms in total. The number of nitrogens with zero attached hydrogens (tertiary/aromatic N) is 1. The number of carbonyl (C=O) groups excluding carboxylic acids is 2. The lowest BCUT2D eigenvalue weighted by Gasteiger charge is -2.09. The van der Waals surface area contributed by atoms with Gasteiger partial charge in [0.2, 0.25) is 0 Å². The molecule has 1 aromatic carbocycles. The maximum atomic E-state index is 12.4. The highest BCUT2D eigenvalue weighted by Crippen LogP contribution is 2.26. The molecule has 1 aliphatic carbocycles. The molecule has 23 heavy (non-hydrogen) atoms. The summed E-state index contributed by atoms with van der Waals surface area (Å²) in [6, 6.07) is 9.19. The normalized spacial score (nSPS) is 13.3. The second-order valence-corrected chi connectivity index (χ2v) is 5.75. The molecule has 116 valence electrons. The molecule has 1 heterocycles. The maximum absolute atomic E-state index is 12.4. The molecule has 0 unspecified atom stereocenters. The maximum Gasteiger partial charge on any atom is 0.268 e. The molecule has 0 radical (unpaired) electrons. The van der Waals surface area contributed by atoms with E-state index in [9.17, 15) is 9.59 Å². The fraction of sp³-hybridized carbons (Fsp3) is 0.278. The van der Waals surface area contributed by atoms with Crippen molar-refractivity contribution in [2.45, 2.75) is 32.7 Å². The molecule has 0 fully saturated rings. The number of H-pyrrole nitrogens is 1. The molecule has 0 saturated carbocycles. The largest absolute Gasteiger partial charge is 0.354 e. The summed E-state index contributed by atoms with van der Waals surface area (Å²) in [7, 11) is 0. The van der Waals surface area contributed by atoms with Gasteiger partial charge in [-0.3, -0.25) is 9.59 Å². The molecule has 1 aliphatic rings. The highest BCUT2D eigenvalue weighted by atomic mass is 16.2. The first-order valence-electron chi connectivity index (χ1n) is 7.62. The van der Waals surface area contributed by atoms with Crippen molar-refractivity contribution in [1.82, 2.24) is 10.3 Å². The van der Waals surface area contributed by atoms with Crippen LogP contribution in [0.25, 0.3) is 0 Å². The zero-order valence-electron chi connectivity index (χ0n) is 12.9. The minimum atomic E-state index is -0.230. The molecular weight excluding hydrogens is 290 g/mol. The first kappa shape index (κ1) is 15.0. The lowest BCUT2D eigenvalue weighted by molar-refractivity contribution is 0.0945. The second kappa shape index (κ2) is 6.09. The molecule has 0 bridgehead atoms. The zero-order chi connectivity index (χ0) is 16.4. The lowest BCUT2D eigenvalue weighted by atomic mass is 9.94. The summed E-state index contributed by atoms with van der Waals surface area (Å²) < 4.78 is 0. The van der Waals surface area contributed by atoms with Crippen molar-refractivity contribution < 1.29 is 9.59 Å². The van der Waals surface area contributed by atoms with Crippen LogP contribution in [0.4, 0.5) is 0 Å². The first-order chi connectivity index (χ1) is 11.1. The molecule has 0 aliphatic heterocycles. The minimum absolute atomic E-state index is 0.112. The van der Waals surface area contributed by atoms with Gasteiger partial charge in [0.25, 0.3) is 5.91 Å². The Morgan fingerprint density at radius 3 is 2.96 bits per heavy atom. The van der Waals surface area contributed by atoms with Gasteiger partial charge < -0.3 is 10.3 Å². The smallest absolute Gasteiger partial charge is 0.268 e. The van der Waals surface area contributed by atoms with Gasteiger partial charge in [-0.1, -0.05) is 12.1 Å². The average Bonchev–Trinajstić information content (AvgIpc) is 2.91. The number of aromatic amines is 1. The Kier molecular flexibility index (Phi) is 3.98. The first-order valence-corrected chi connectivity index (χ1v) is 7.62. The van der Waals surface area contributed by atoms with E-state index in [0.717, 1.165) is 29.7 Å². The van der Waals surface area contributed by atoms with Crippen molar-refractivity contribution in [3.63, 3.8) is 0 Å².